The van der Waals surface area contributed by atoms with E-state index in [4.69, 9.17) is 0 Å². The summed E-state index contributed by atoms with van der Waals surface area (Å²) >= 11 is 1.63. The quantitative estimate of drug-likeness (QED) is 0.757. The topological polar surface area (TPSA) is 36.4 Å². The average Bonchev–Trinajstić information content (AvgIpc) is 3.07. The Kier molecular flexibility index (Phi) is 4.40. The maximum absolute atomic E-state index is 12.2. The average molecular weight is 311 g/mol. The largest absolute Gasteiger partial charge is 0.345 e. The number of aromatic nitrogens is 1. The molecule has 3 rings (SSSR count). The molecule has 22 heavy (non-hydrogen) atoms. The molecule has 1 saturated heterocycles. The lowest BCUT2D eigenvalue weighted by Crippen LogP contribution is -2.48. The van der Waals surface area contributed by atoms with E-state index in [2.05, 4.69) is 21.7 Å². The number of carbonyl (C=O) groups excluding carboxylic acids is 1. The highest BCUT2D eigenvalue weighted by Crippen LogP contribution is 2.18. The van der Waals surface area contributed by atoms with Gasteiger partial charge in [-0.2, -0.15) is 0 Å². The van der Waals surface area contributed by atoms with Gasteiger partial charge in [0.2, 0.25) is 0 Å². The summed E-state index contributed by atoms with van der Waals surface area (Å²) in [6, 6.07) is 7.88. The minimum atomic E-state index is -0.0969. The summed E-state index contributed by atoms with van der Waals surface area (Å²) in [5.41, 5.74) is 2.03. The van der Waals surface area contributed by atoms with Gasteiger partial charge in [0.1, 0.15) is 0 Å². The fraction of sp³-hybridized carbons (Fsp3) is 0.294. The van der Waals surface area contributed by atoms with Crippen LogP contribution in [0.1, 0.15) is 11.1 Å². The number of anilines is 1. The normalized spacial score (nSPS) is 14.4. The Morgan fingerprint density at radius 1 is 1.27 bits per heavy atom. The first-order valence-electron chi connectivity index (χ1n) is 7.24. The zero-order valence-electron chi connectivity index (χ0n) is 12.5. The molecule has 1 amide bonds. The van der Waals surface area contributed by atoms with Crippen molar-refractivity contribution in [2.45, 2.75) is 6.92 Å². The van der Waals surface area contributed by atoms with Crippen molar-refractivity contribution in [2.24, 2.45) is 0 Å². The highest BCUT2D eigenvalue weighted by Gasteiger charge is 2.21. The van der Waals surface area contributed by atoms with Crippen molar-refractivity contribution in [3.8, 4) is 11.8 Å². The van der Waals surface area contributed by atoms with Gasteiger partial charge in [0, 0.05) is 49.2 Å². The van der Waals surface area contributed by atoms with E-state index in [1.54, 1.807) is 11.3 Å². The van der Waals surface area contributed by atoms with Gasteiger partial charge in [-0.05, 0) is 24.6 Å². The summed E-state index contributed by atoms with van der Waals surface area (Å²) in [5, 5.41) is 3.00. The van der Waals surface area contributed by atoms with Crippen LogP contribution >= 0.6 is 11.3 Å². The maximum Gasteiger partial charge on any atom is 0.298 e. The number of nitrogens with zero attached hydrogens (tertiary/aromatic N) is 3. The molecular formula is C17H17N3OS. The molecule has 0 aliphatic carbocycles. The van der Waals surface area contributed by atoms with Crippen LogP contribution in [0.2, 0.25) is 0 Å². The van der Waals surface area contributed by atoms with E-state index in [0.717, 1.165) is 29.3 Å². The summed E-state index contributed by atoms with van der Waals surface area (Å²) in [7, 11) is 0. The number of carbonyl (C=O) groups is 1. The first-order chi connectivity index (χ1) is 10.7. The monoisotopic (exact) mass is 311 g/mol. The number of benzene rings is 1. The fourth-order valence-corrected chi connectivity index (χ4v) is 3.10. The van der Waals surface area contributed by atoms with Gasteiger partial charge in [-0.15, -0.1) is 11.3 Å². The maximum atomic E-state index is 12.2. The number of hydrogen-bond donors (Lipinski definition) is 0. The number of aryl methyl sites for hydroxylation is 1. The predicted molar refractivity (Wildman–Crippen MR) is 89.0 cm³/mol. The Morgan fingerprint density at radius 3 is 2.77 bits per heavy atom. The Labute approximate surface area is 134 Å². The zero-order chi connectivity index (χ0) is 15.4. The molecule has 1 aliphatic rings. The van der Waals surface area contributed by atoms with Crippen molar-refractivity contribution < 1.29 is 4.79 Å². The van der Waals surface area contributed by atoms with Crippen LogP contribution in [0.4, 0.5) is 5.13 Å². The van der Waals surface area contributed by atoms with Crippen LogP contribution in [-0.2, 0) is 4.79 Å². The second-order valence-electron chi connectivity index (χ2n) is 5.21. The minimum absolute atomic E-state index is 0.0969. The molecule has 1 aliphatic heterocycles. The van der Waals surface area contributed by atoms with E-state index >= 15 is 0 Å². The predicted octanol–water partition coefficient (Wildman–Crippen LogP) is 2.15. The van der Waals surface area contributed by atoms with Crippen LogP contribution in [0.3, 0.4) is 0 Å². The highest BCUT2D eigenvalue weighted by molar-refractivity contribution is 7.13. The van der Waals surface area contributed by atoms with Crippen molar-refractivity contribution in [3.05, 3.63) is 47.0 Å². The third-order valence-corrected chi connectivity index (χ3v) is 4.42. The lowest BCUT2D eigenvalue weighted by atomic mass is 10.1. The number of thiazole rings is 1. The molecule has 0 spiro atoms. The molecule has 0 saturated carbocycles. The van der Waals surface area contributed by atoms with Crippen molar-refractivity contribution in [1.82, 2.24) is 9.88 Å². The molecule has 2 aromatic rings. The van der Waals surface area contributed by atoms with Gasteiger partial charge in [-0.1, -0.05) is 18.1 Å². The van der Waals surface area contributed by atoms with Gasteiger partial charge in [0.15, 0.2) is 5.13 Å². The molecule has 4 nitrogen and oxygen atoms in total. The van der Waals surface area contributed by atoms with E-state index in [9.17, 15) is 4.79 Å². The Morgan fingerprint density at radius 2 is 2.09 bits per heavy atom. The Balaban J connectivity index is 1.59. The molecule has 0 atom stereocenters. The van der Waals surface area contributed by atoms with Crippen LogP contribution in [0.5, 0.6) is 0 Å². The number of amides is 1. The standard InChI is InChI=1S/C17H17N3OS/c1-14-3-2-4-15(13-14)5-6-16(21)19-8-10-20(11-9-19)17-18-7-12-22-17/h2-4,7,12-13H,8-11H2,1H3. The van der Waals surface area contributed by atoms with Crippen molar-refractivity contribution in [1.29, 1.82) is 0 Å². The molecule has 2 heterocycles. The van der Waals surface area contributed by atoms with Gasteiger partial charge in [0.05, 0.1) is 0 Å². The number of piperazine rings is 1. The summed E-state index contributed by atoms with van der Waals surface area (Å²) < 4.78 is 0. The van der Waals surface area contributed by atoms with Crippen LogP contribution in [-0.4, -0.2) is 42.0 Å². The van der Waals surface area contributed by atoms with Gasteiger partial charge in [0.25, 0.3) is 5.91 Å². The van der Waals surface area contributed by atoms with Gasteiger partial charge in [-0.3, -0.25) is 4.79 Å². The second kappa shape index (κ2) is 6.63. The third-order valence-electron chi connectivity index (χ3n) is 3.59. The van der Waals surface area contributed by atoms with Crippen molar-refractivity contribution >= 4 is 22.4 Å². The molecule has 0 N–H and O–H groups in total. The molecule has 1 fully saturated rings. The van der Waals surface area contributed by atoms with Crippen molar-refractivity contribution in [3.63, 3.8) is 0 Å². The zero-order valence-corrected chi connectivity index (χ0v) is 13.3. The SMILES string of the molecule is Cc1cccc(C#CC(=O)N2CCN(c3nccs3)CC2)c1. The molecule has 5 heteroatoms. The molecule has 1 aromatic heterocycles. The summed E-state index contributed by atoms with van der Waals surface area (Å²) in [6.45, 7) is 5.03. The molecule has 1 aromatic carbocycles. The summed E-state index contributed by atoms with van der Waals surface area (Å²) in [5.74, 6) is 5.61. The van der Waals surface area contributed by atoms with Crippen LogP contribution in [0.25, 0.3) is 0 Å². The number of hydrogen-bond acceptors (Lipinski definition) is 4. The second-order valence-corrected chi connectivity index (χ2v) is 6.09. The highest BCUT2D eigenvalue weighted by atomic mass is 32.1. The van der Waals surface area contributed by atoms with E-state index in [1.807, 2.05) is 47.7 Å². The van der Waals surface area contributed by atoms with Crippen LogP contribution in [0.15, 0.2) is 35.8 Å². The first-order valence-corrected chi connectivity index (χ1v) is 8.12. The van der Waals surface area contributed by atoms with Crippen molar-refractivity contribution in [2.75, 3.05) is 31.1 Å². The van der Waals surface area contributed by atoms with Gasteiger partial charge in [-0.25, -0.2) is 4.98 Å². The molecule has 0 unspecified atom stereocenters. The molecule has 0 bridgehead atoms. The fourth-order valence-electron chi connectivity index (χ4n) is 2.40. The van der Waals surface area contributed by atoms with Crippen LogP contribution < -0.4 is 4.90 Å². The number of rotatable bonds is 1. The van der Waals surface area contributed by atoms with E-state index in [-0.39, 0.29) is 5.91 Å². The van der Waals surface area contributed by atoms with Gasteiger partial charge >= 0.3 is 0 Å². The lowest BCUT2D eigenvalue weighted by Gasteiger charge is -2.33. The van der Waals surface area contributed by atoms with E-state index in [0.29, 0.717) is 13.1 Å². The van der Waals surface area contributed by atoms with E-state index in [1.165, 1.54) is 0 Å². The minimum Gasteiger partial charge on any atom is -0.345 e. The first kappa shape index (κ1) is 14.6. The van der Waals surface area contributed by atoms with E-state index < -0.39 is 0 Å². The van der Waals surface area contributed by atoms with Gasteiger partial charge < -0.3 is 9.80 Å². The third kappa shape index (κ3) is 3.46. The summed E-state index contributed by atoms with van der Waals surface area (Å²) in [6.07, 6.45) is 1.81. The lowest BCUT2D eigenvalue weighted by molar-refractivity contribution is -0.125. The molecule has 0 radical (unpaired) electrons. The summed E-state index contributed by atoms with van der Waals surface area (Å²) in [4.78, 5) is 20.5. The smallest absolute Gasteiger partial charge is 0.298 e. The molecular weight excluding hydrogens is 294 g/mol. The Hall–Kier alpha value is -2.32. The van der Waals surface area contributed by atoms with Crippen LogP contribution in [0, 0.1) is 18.8 Å². The Bertz CT molecular complexity index is 707. The molecule has 112 valence electrons.